The predicted molar refractivity (Wildman–Crippen MR) is 82.0 cm³/mol. The van der Waals surface area contributed by atoms with E-state index >= 15 is 0 Å². The molecule has 0 aliphatic heterocycles. The summed E-state index contributed by atoms with van der Waals surface area (Å²) in [6, 6.07) is 12.9. The molecule has 1 aliphatic rings. The van der Waals surface area contributed by atoms with Crippen LogP contribution in [0.4, 0.5) is 4.39 Å². The lowest BCUT2D eigenvalue weighted by Gasteiger charge is -2.10. The first kappa shape index (κ1) is 14.4. The van der Waals surface area contributed by atoms with Crippen LogP contribution in [0.15, 0.2) is 42.5 Å². The molecule has 0 heterocycles. The van der Waals surface area contributed by atoms with E-state index in [1.807, 2.05) is 30.3 Å². The lowest BCUT2D eigenvalue weighted by molar-refractivity contribution is 0.304. The fraction of sp³-hybridized carbons (Fsp3) is 0.294. The zero-order valence-electron chi connectivity index (χ0n) is 11.6. The van der Waals surface area contributed by atoms with Crippen LogP contribution in [0.3, 0.4) is 0 Å². The van der Waals surface area contributed by atoms with Crippen molar-refractivity contribution < 1.29 is 9.13 Å². The number of halogens is 2. The molecule has 1 saturated carbocycles. The largest absolute Gasteiger partial charge is 0.489 e. The number of ether oxygens (including phenoxy) is 1. The van der Waals surface area contributed by atoms with Crippen molar-refractivity contribution in [3.63, 3.8) is 0 Å². The SMILES string of the molecule is Fc1cc(CNC2CC2)cc(OCc2ccccc2Cl)c1. The molecule has 21 heavy (non-hydrogen) atoms. The fourth-order valence-corrected chi connectivity index (χ4v) is 2.32. The molecule has 110 valence electrons. The number of hydrogen-bond acceptors (Lipinski definition) is 2. The topological polar surface area (TPSA) is 21.3 Å². The van der Waals surface area contributed by atoms with Gasteiger partial charge in [0.25, 0.3) is 0 Å². The van der Waals surface area contributed by atoms with E-state index in [0.29, 0.717) is 30.0 Å². The van der Waals surface area contributed by atoms with Gasteiger partial charge in [0.15, 0.2) is 0 Å². The molecule has 2 nitrogen and oxygen atoms in total. The normalized spacial score (nSPS) is 14.2. The van der Waals surface area contributed by atoms with Crippen LogP contribution >= 0.6 is 11.6 Å². The van der Waals surface area contributed by atoms with Crippen LogP contribution in [0.25, 0.3) is 0 Å². The lowest BCUT2D eigenvalue weighted by Crippen LogP contribution is -2.15. The first-order chi connectivity index (χ1) is 10.2. The monoisotopic (exact) mass is 305 g/mol. The number of benzene rings is 2. The van der Waals surface area contributed by atoms with Gasteiger partial charge in [-0.05, 0) is 36.6 Å². The molecule has 0 spiro atoms. The summed E-state index contributed by atoms with van der Waals surface area (Å²) in [7, 11) is 0. The van der Waals surface area contributed by atoms with Gasteiger partial charge in [-0.2, -0.15) is 0 Å². The van der Waals surface area contributed by atoms with E-state index in [4.69, 9.17) is 16.3 Å². The zero-order valence-corrected chi connectivity index (χ0v) is 12.4. The van der Waals surface area contributed by atoms with E-state index in [9.17, 15) is 4.39 Å². The van der Waals surface area contributed by atoms with Crippen molar-refractivity contribution in [3.8, 4) is 5.75 Å². The van der Waals surface area contributed by atoms with Crippen LogP contribution in [-0.4, -0.2) is 6.04 Å². The molecular formula is C17H17ClFNO. The van der Waals surface area contributed by atoms with Gasteiger partial charge in [0.05, 0.1) is 0 Å². The summed E-state index contributed by atoms with van der Waals surface area (Å²) in [5, 5.41) is 4.02. The maximum absolute atomic E-state index is 13.6. The van der Waals surface area contributed by atoms with Crippen molar-refractivity contribution >= 4 is 11.6 Å². The molecule has 0 aromatic heterocycles. The number of rotatable bonds is 6. The molecule has 3 rings (SSSR count). The highest BCUT2D eigenvalue weighted by Crippen LogP contribution is 2.22. The Hall–Kier alpha value is -1.58. The Labute approximate surface area is 128 Å². The summed E-state index contributed by atoms with van der Waals surface area (Å²) in [6.07, 6.45) is 2.43. The Morgan fingerprint density at radius 2 is 2.00 bits per heavy atom. The third-order valence-electron chi connectivity index (χ3n) is 3.46. The van der Waals surface area contributed by atoms with Gasteiger partial charge < -0.3 is 10.1 Å². The summed E-state index contributed by atoms with van der Waals surface area (Å²) >= 11 is 6.08. The van der Waals surface area contributed by atoms with Crippen LogP contribution in [0.2, 0.25) is 5.02 Å². The van der Waals surface area contributed by atoms with Crippen molar-refractivity contribution in [2.75, 3.05) is 0 Å². The van der Waals surface area contributed by atoms with Crippen molar-refractivity contribution in [1.29, 1.82) is 0 Å². The average Bonchev–Trinajstić information content (AvgIpc) is 3.28. The molecule has 1 fully saturated rings. The molecule has 0 saturated heterocycles. The zero-order chi connectivity index (χ0) is 14.7. The molecule has 1 N–H and O–H groups in total. The van der Waals surface area contributed by atoms with Gasteiger partial charge in [-0.3, -0.25) is 0 Å². The highest BCUT2D eigenvalue weighted by Gasteiger charge is 2.20. The maximum Gasteiger partial charge on any atom is 0.127 e. The summed E-state index contributed by atoms with van der Waals surface area (Å²) in [6.45, 7) is 1.00. The fourth-order valence-electron chi connectivity index (χ4n) is 2.13. The Morgan fingerprint density at radius 1 is 1.19 bits per heavy atom. The van der Waals surface area contributed by atoms with Crippen LogP contribution in [0.5, 0.6) is 5.75 Å². The van der Waals surface area contributed by atoms with Gasteiger partial charge in [0, 0.05) is 29.2 Å². The molecule has 2 aromatic rings. The Bertz CT molecular complexity index is 628. The van der Waals surface area contributed by atoms with E-state index in [0.717, 1.165) is 11.1 Å². The summed E-state index contributed by atoms with van der Waals surface area (Å²) < 4.78 is 19.3. The summed E-state index contributed by atoms with van der Waals surface area (Å²) in [5.74, 6) is 0.252. The number of nitrogens with one attached hydrogen (secondary N) is 1. The van der Waals surface area contributed by atoms with Gasteiger partial charge in [-0.25, -0.2) is 4.39 Å². The van der Waals surface area contributed by atoms with E-state index in [1.54, 1.807) is 0 Å². The highest BCUT2D eigenvalue weighted by atomic mass is 35.5. The van der Waals surface area contributed by atoms with Crippen molar-refractivity contribution in [2.24, 2.45) is 0 Å². The van der Waals surface area contributed by atoms with Crippen LogP contribution in [-0.2, 0) is 13.2 Å². The Kier molecular flexibility index (Phi) is 4.42. The van der Waals surface area contributed by atoms with Crippen LogP contribution in [0, 0.1) is 5.82 Å². The molecule has 1 aliphatic carbocycles. The van der Waals surface area contributed by atoms with Gasteiger partial charge in [-0.1, -0.05) is 29.8 Å². The molecular weight excluding hydrogens is 289 g/mol. The molecule has 0 bridgehead atoms. The molecule has 0 atom stereocenters. The summed E-state index contributed by atoms with van der Waals surface area (Å²) in [5.41, 5.74) is 1.79. The van der Waals surface area contributed by atoms with Crippen molar-refractivity contribution in [2.45, 2.75) is 32.0 Å². The maximum atomic E-state index is 13.6. The molecule has 4 heteroatoms. The number of hydrogen-bond donors (Lipinski definition) is 1. The molecule has 0 radical (unpaired) electrons. The average molecular weight is 306 g/mol. The minimum absolute atomic E-state index is 0.278. The smallest absolute Gasteiger partial charge is 0.127 e. The third-order valence-corrected chi connectivity index (χ3v) is 3.82. The second kappa shape index (κ2) is 6.46. The quantitative estimate of drug-likeness (QED) is 0.858. The molecule has 2 aromatic carbocycles. The summed E-state index contributed by atoms with van der Waals surface area (Å²) in [4.78, 5) is 0. The van der Waals surface area contributed by atoms with Gasteiger partial charge >= 0.3 is 0 Å². The van der Waals surface area contributed by atoms with E-state index in [2.05, 4.69) is 5.32 Å². The van der Waals surface area contributed by atoms with Gasteiger partial charge in [0.1, 0.15) is 18.2 Å². The first-order valence-electron chi connectivity index (χ1n) is 7.10. The molecule has 0 amide bonds. The third kappa shape index (κ3) is 4.19. The minimum atomic E-state index is -0.278. The minimum Gasteiger partial charge on any atom is -0.489 e. The van der Waals surface area contributed by atoms with Gasteiger partial charge in [-0.15, -0.1) is 0 Å². The first-order valence-corrected chi connectivity index (χ1v) is 7.47. The van der Waals surface area contributed by atoms with E-state index < -0.39 is 0 Å². The highest BCUT2D eigenvalue weighted by molar-refractivity contribution is 6.31. The standard InChI is InChI=1S/C17H17ClFNO/c18-17-4-2-1-3-13(17)11-21-16-8-12(7-14(19)9-16)10-20-15-5-6-15/h1-4,7-9,15,20H,5-6,10-11H2. The van der Waals surface area contributed by atoms with Crippen molar-refractivity contribution in [3.05, 3.63) is 64.4 Å². The van der Waals surface area contributed by atoms with Gasteiger partial charge in [0.2, 0.25) is 0 Å². The van der Waals surface area contributed by atoms with E-state index in [1.165, 1.54) is 25.0 Å². The van der Waals surface area contributed by atoms with Crippen LogP contribution in [0.1, 0.15) is 24.0 Å². The molecule has 0 unspecified atom stereocenters. The Morgan fingerprint density at radius 3 is 2.76 bits per heavy atom. The van der Waals surface area contributed by atoms with Crippen LogP contribution < -0.4 is 10.1 Å². The lowest BCUT2D eigenvalue weighted by atomic mass is 10.2. The van der Waals surface area contributed by atoms with E-state index in [-0.39, 0.29) is 5.82 Å². The second-order valence-corrected chi connectivity index (χ2v) is 5.74. The van der Waals surface area contributed by atoms with Crippen molar-refractivity contribution in [1.82, 2.24) is 5.32 Å². The predicted octanol–water partition coefficient (Wildman–Crippen LogP) is 4.31. The Balaban J connectivity index is 1.65. The second-order valence-electron chi connectivity index (χ2n) is 5.33.